The van der Waals surface area contributed by atoms with Gasteiger partial charge in [0.15, 0.2) is 5.17 Å². The lowest BCUT2D eigenvalue weighted by Gasteiger charge is -2.10. The monoisotopic (exact) mass is 524 g/mol. The van der Waals surface area contributed by atoms with Crippen molar-refractivity contribution in [3.05, 3.63) is 60.8 Å². The molecule has 0 radical (unpaired) electrons. The Hall–Kier alpha value is -1.72. The summed E-state index contributed by atoms with van der Waals surface area (Å²) in [6, 6.07) is 10.7. The molecule has 1 amide bonds. The second kappa shape index (κ2) is 8.98. The Morgan fingerprint density at radius 3 is 2.74 bits per heavy atom. The number of hydrogen-bond donors (Lipinski definition) is 1. The van der Waals surface area contributed by atoms with Gasteiger partial charge in [0.05, 0.1) is 15.1 Å². The third-order valence-corrected chi connectivity index (χ3v) is 5.54. The van der Waals surface area contributed by atoms with Crippen molar-refractivity contribution < 1.29 is 9.53 Å². The lowest BCUT2D eigenvalue weighted by molar-refractivity contribution is -0.115. The molecule has 8 heteroatoms. The summed E-state index contributed by atoms with van der Waals surface area (Å²) in [5, 5.41) is 3.88. The number of rotatable bonds is 4. The van der Waals surface area contributed by atoms with Gasteiger partial charge in [0, 0.05) is 15.1 Å². The molecule has 2 aromatic rings. The first kappa shape index (κ1) is 20.0. The predicted molar refractivity (Wildman–Crippen MR) is 118 cm³/mol. The Kier molecular flexibility index (Phi) is 6.66. The predicted octanol–water partition coefficient (Wildman–Crippen LogP) is 5.77. The van der Waals surface area contributed by atoms with E-state index in [2.05, 4.69) is 48.1 Å². The van der Waals surface area contributed by atoms with Crippen molar-refractivity contribution in [2.24, 2.45) is 4.99 Å². The largest absolute Gasteiger partial charge is 0.479 e. The van der Waals surface area contributed by atoms with E-state index in [-0.39, 0.29) is 12.5 Å². The van der Waals surface area contributed by atoms with Crippen molar-refractivity contribution in [2.75, 3.05) is 6.61 Å². The van der Waals surface area contributed by atoms with Crippen LogP contribution < -0.4 is 10.1 Å². The molecule has 3 rings (SSSR count). The normalized spacial score (nSPS) is 16.4. The molecule has 1 saturated heterocycles. The number of nitrogens with one attached hydrogen (secondary N) is 1. The summed E-state index contributed by atoms with van der Waals surface area (Å²) in [5.74, 6) is 2.78. The number of amides is 1. The zero-order valence-electron chi connectivity index (χ0n) is 13.6. The molecule has 2 aromatic carbocycles. The third-order valence-electron chi connectivity index (χ3n) is 3.33. The SMILES string of the molecule is C#CCOc1c(Br)cc(Br)cc1/C=C1\SC(=Nc2ccc(Cl)cc2)NC1=O. The smallest absolute Gasteiger partial charge is 0.264 e. The second-order valence-corrected chi connectivity index (χ2v) is 8.49. The van der Waals surface area contributed by atoms with Gasteiger partial charge in [-0.3, -0.25) is 4.79 Å². The molecule has 1 N–H and O–H groups in total. The van der Waals surface area contributed by atoms with Crippen LogP contribution >= 0.6 is 55.2 Å². The molecule has 1 heterocycles. The first-order chi connectivity index (χ1) is 13.0. The van der Waals surface area contributed by atoms with Crippen molar-refractivity contribution in [1.82, 2.24) is 5.32 Å². The molecule has 0 atom stereocenters. The van der Waals surface area contributed by atoms with Crippen LogP contribution in [-0.4, -0.2) is 17.7 Å². The van der Waals surface area contributed by atoms with Crippen LogP contribution in [0.4, 0.5) is 5.69 Å². The quantitative estimate of drug-likeness (QED) is 0.407. The molecular weight excluding hydrogens is 516 g/mol. The molecule has 1 fully saturated rings. The van der Waals surface area contributed by atoms with Crippen LogP contribution in [0.1, 0.15) is 5.56 Å². The van der Waals surface area contributed by atoms with Crippen molar-refractivity contribution >= 4 is 78.1 Å². The summed E-state index contributed by atoms with van der Waals surface area (Å²) >= 11 is 14.0. The summed E-state index contributed by atoms with van der Waals surface area (Å²) in [7, 11) is 0. The van der Waals surface area contributed by atoms with Gasteiger partial charge in [-0.1, -0.05) is 33.5 Å². The van der Waals surface area contributed by atoms with E-state index >= 15 is 0 Å². The molecule has 0 spiro atoms. The fraction of sp³-hybridized carbons (Fsp3) is 0.0526. The fourth-order valence-corrected chi connectivity index (χ4v) is 4.54. The van der Waals surface area contributed by atoms with Crippen LogP contribution in [-0.2, 0) is 4.79 Å². The lowest BCUT2D eigenvalue weighted by Crippen LogP contribution is -2.19. The van der Waals surface area contributed by atoms with Crippen LogP contribution in [0.2, 0.25) is 5.02 Å². The zero-order chi connectivity index (χ0) is 19.4. The third kappa shape index (κ3) is 5.17. The Morgan fingerprint density at radius 2 is 2.04 bits per heavy atom. The molecule has 1 aliphatic rings. The van der Waals surface area contributed by atoms with E-state index in [0.29, 0.717) is 26.5 Å². The van der Waals surface area contributed by atoms with Crippen LogP contribution in [0.15, 0.2) is 55.2 Å². The number of hydrogen-bond acceptors (Lipinski definition) is 4. The van der Waals surface area contributed by atoms with Gasteiger partial charge in [-0.2, -0.15) is 0 Å². The molecule has 0 bridgehead atoms. The van der Waals surface area contributed by atoms with Crippen molar-refractivity contribution in [1.29, 1.82) is 0 Å². The Morgan fingerprint density at radius 1 is 1.30 bits per heavy atom. The number of terminal acetylenes is 1. The minimum absolute atomic E-state index is 0.124. The molecular formula is C19H11Br2ClN2O2S. The van der Waals surface area contributed by atoms with Crippen molar-refractivity contribution in [3.8, 4) is 18.1 Å². The van der Waals surface area contributed by atoms with Gasteiger partial charge in [-0.25, -0.2) is 4.99 Å². The van der Waals surface area contributed by atoms with E-state index < -0.39 is 0 Å². The number of carbonyl (C=O) groups excluding carboxylic acids is 1. The average Bonchev–Trinajstić information content (AvgIpc) is 2.95. The molecule has 136 valence electrons. The van der Waals surface area contributed by atoms with E-state index in [1.165, 1.54) is 11.8 Å². The van der Waals surface area contributed by atoms with Gasteiger partial charge in [0.25, 0.3) is 5.91 Å². The standard InChI is InChI=1S/C19H11Br2ClN2O2S/c1-2-7-26-17-11(8-12(20)10-15(17)21)9-16-18(25)24-19(27-16)23-14-5-3-13(22)4-6-14/h1,3-6,8-10H,7H2,(H,23,24,25)/b16-9-. The molecule has 27 heavy (non-hydrogen) atoms. The molecule has 0 aromatic heterocycles. The summed E-state index contributed by atoms with van der Waals surface area (Å²) in [6.45, 7) is 0.124. The number of aliphatic imine (C=N–C) groups is 1. The highest BCUT2D eigenvalue weighted by atomic mass is 79.9. The first-order valence-corrected chi connectivity index (χ1v) is 10.3. The maximum atomic E-state index is 12.3. The Balaban J connectivity index is 1.90. The molecule has 0 saturated carbocycles. The first-order valence-electron chi connectivity index (χ1n) is 7.56. The minimum Gasteiger partial charge on any atom is -0.479 e. The molecule has 0 unspecified atom stereocenters. The highest BCUT2D eigenvalue weighted by Gasteiger charge is 2.24. The van der Waals surface area contributed by atoms with Crippen molar-refractivity contribution in [2.45, 2.75) is 0 Å². The number of benzene rings is 2. The topological polar surface area (TPSA) is 50.7 Å². The van der Waals surface area contributed by atoms with E-state index in [0.717, 1.165) is 14.5 Å². The number of ether oxygens (including phenoxy) is 1. The van der Waals surface area contributed by atoms with Gasteiger partial charge < -0.3 is 10.1 Å². The van der Waals surface area contributed by atoms with Crippen LogP contribution in [0.25, 0.3) is 6.08 Å². The van der Waals surface area contributed by atoms with Gasteiger partial charge in [0.2, 0.25) is 0 Å². The van der Waals surface area contributed by atoms with Gasteiger partial charge >= 0.3 is 0 Å². The summed E-state index contributed by atoms with van der Waals surface area (Å²) in [4.78, 5) is 17.2. The number of amidine groups is 1. The summed E-state index contributed by atoms with van der Waals surface area (Å²) in [6.07, 6.45) is 7.03. The van der Waals surface area contributed by atoms with Crippen molar-refractivity contribution in [3.63, 3.8) is 0 Å². The maximum Gasteiger partial charge on any atom is 0.264 e. The zero-order valence-corrected chi connectivity index (χ0v) is 18.4. The van der Waals surface area contributed by atoms with E-state index in [1.807, 2.05) is 12.1 Å². The number of carbonyl (C=O) groups is 1. The molecule has 0 aliphatic carbocycles. The van der Waals surface area contributed by atoms with Gasteiger partial charge in [-0.15, -0.1) is 6.42 Å². The summed E-state index contributed by atoms with van der Waals surface area (Å²) < 4.78 is 7.19. The number of halogens is 3. The fourth-order valence-electron chi connectivity index (χ4n) is 2.21. The van der Waals surface area contributed by atoms with Crippen LogP contribution in [0.5, 0.6) is 5.75 Å². The van der Waals surface area contributed by atoms with E-state index in [4.69, 9.17) is 22.8 Å². The minimum atomic E-state index is -0.230. The van der Waals surface area contributed by atoms with Crippen LogP contribution in [0, 0.1) is 12.3 Å². The highest BCUT2D eigenvalue weighted by Crippen LogP contribution is 2.36. The van der Waals surface area contributed by atoms with Gasteiger partial charge in [0.1, 0.15) is 12.4 Å². The van der Waals surface area contributed by atoms with Gasteiger partial charge in [-0.05, 0) is 70.2 Å². The molecule has 1 aliphatic heterocycles. The Labute approximate surface area is 182 Å². The number of thioether (sulfide) groups is 1. The van der Waals surface area contributed by atoms with E-state index in [1.54, 1.807) is 30.3 Å². The number of nitrogens with zero attached hydrogens (tertiary/aromatic N) is 1. The lowest BCUT2D eigenvalue weighted by atomic mass is 10.2. The Bertz CT molecular complexity index is 998. The maximum absolute atomic E-state index is 12.3. The average molecular weight is 527 g/mol. The van der Waals surface area contributed by atoms with Crippen LogP contribution in [0.3, 0.4) is 0 Å². The van der Waals surface area contributed by atoms with E-state index in [9.17, 15) is 4.79 Å². The highest BCUT2D eigenvalue weighted by molar-refractivity contribution is 9.11. The molecule has 4 nitrogen and oxygen atoms in total. The summed E-state index contributed by atoms with van der Waals surface area (Å²) in [5.41, 5.74) is 1.42. The second-order valence-electron chi connectivity index (χ2n) is 5.26.